The van der Waals surface area contributed by atoms with Crippen molar-refractivity contribution in [1.82, 2.24) is 0 Å². The average Bonchev–Trinajstić information content (AvgIpc) is 2.29. The van der Waals surface area contributed by atoms with Gasteiger partial charge in [0.05, 0.1) is 5.92 Å². The summed E-state index contributed by atoms with van der Waals surface area (Å²) in [5.74, 6) is -0.865. The highest BCUT2D eigenvalue weighted by Gasteiger charge is 2.41. The van der Waals surface area contributed by atoms with Gasteiger partial charge in [-0.3, -0.25) is 0 Å². The van der Waals surface area contributed by atoms with E-state index < -0.39 is 18.6 Å². The summed E-state index contributed by atoms with van der Waals surface area (Å²) in [5, 5.41) is 0. The largest absolute Gasteiger partial charge is 0.466 e. The van der Waals surface area contributed by atoms with E-state index in [9.17, 15) is 13.2 Å². The molecule has 0 aliphatic carbocycles. The van der Waals surface area contributed by atoms with E-state index in [0.29, 0.717) is 5.76 Å². The molecule has 0 saturated carbocycles. The SMILES string of the molecule is Cc1cc(C(CN)C(F)(F)F)c(C)o1. The summed E-state index contributed by atoms with van der Waals surface area (Å²) < 4.78 is 42.5. The topological polar surface area (TPSA) is 39.2 Å². The van der Waals surface area contributed by atoms with Crippen LogP contribution < -0.4 is 5.73 Å². The van der Waals surface area contributed by atoms with E-state index in [-0.39, 0.29) is 11.3 Å². The molecule has 0 amide bonds. The molecule has 2 N–H and O–H groups in total. The zero-order valence-electron chi connectivity index (χ0n) is 7.98. The van der Waals surface area contributed by atoms with Crippen LogP contribution in [0.25, 0.3) is 0 Å². The van der Waals surface area contributed by atoms with E-state index in [4.69, 9.17) is 10.2 Å². The fraction of sp³-hybridized carbons (Fsp3) is 0.556. The number of hydrogen-bond donors (Lipinski definition) is 1. The van der Waals surface area contributed by atoms with Gasteiger partial charge in [-0.15, -0.1) is 0 Å². The van der Waals surface area contributed by atoms with E-state index in [0.717, 1.165) is 0 Å². The summed E-state index contributed by atoms with van der Waals surface area (Å²) in [4.78, 5) is 0. The molecule has 1 aromatic heterocycles. The molecule has 0 bridgehead atoms. The number of furan rings is 1. The van der Waals surface area contributed by atoms with Gasteiger partial charge in [-0.25, -0.2) is 0 Å². The third-order valence-electron chi connectivity index (χ3n) is 2.09. The summed E-state index contributed by atoms with van der Waals surface area (Å²) in [6, 6.07) is 1.39. The van der Waals surface area contributed by atoms with Gasteiger partial charge in [0.25, 0.3) is 0 Å². The molecule has 0 aliphatic rings. The Balaban J connectivity index is 3.07. The van der Waals surface area contributed by atoms with Crippen molar-refractivity contribution >= 4 is 0 Å². The molecule has 0 aromatic carbocycles. The first-order chi connectivity index (χ1) is 6.36. The number of nitrogens with two attached hydrogens (primary N) is 1. The van der Waals surface area contributed by atoms with Gasteiger partial charge in [0, 0.05) is 12.1 Å². The van der Waals surface area contributed by atoms with Gasteiger partial charge in [0.15, 0.2) is 0 Å². The second kappa shape index (κ2) is 3.65. The van der Waals surface area contributed by atoms with Crippen molar-refractivity contribution in [2.45, 2.75) is 25.9 Å². The Morgan fingerprint density at radius 2 is 2.00 bits per heavy atom. The lowest BCUT2D eigenvalue weighted by atomic mass is 9.99. The summed E-state index contributed by atoms with van der Waals surface area (Å²) in [6.45, 7) is 2.67. The molecule has 2 nitrogen and oxygen atoms in total. The monoisotopic (exact) mass is 207 g/mol. The smallest absolute Gasteiger partial charge is 0.397 e. The lowest BCUT2D eigenvalue weighted by molar-refractivity contribution is -0.148. The standard InChI is InChI=1S/C9H12F3NO/c1-5-3-7(6(2)14-5)8(4-13)9(10,11)12/h3,8H,4,13H2,1-2H3. The number of aryl methyl sites for hydroxylation is 2. The highest BCUT2D eigenvalue weighted by atomic mass is 19.4. The second-order valence-corrected chi connectivity index (χ2v) is 3.20. The van der Waals surface area contributed by atoms with E-state index in [2.05, 4.69) is 0 Å². The van der Waals surface area contributed by atoms with Crippen LogP contribution in [0.2, 0.25) is 0 Å². The molecule has 14 heavy (non-hydrogen) atoms. The van der Waals surface area contributed by atoms with Gasteiger partial charge < -0.3 is 10.2 Å². The fourth-order valence-corrected chi connectivity index (χ4v) is 1.43. The Morgan fingerprint density at radius 1 is 1.43 bits per heavy atom. The lowest BCUT2D eigenvalue weighted by Gasteiger charge is -2.17. The number of alkyl halides is 3. The van der Waals surface area contributed by atoms with Crippen LogP contribution in [0.3, 0.4) is 0 Å². The molecule has 1 aromatic rings. The summed E-state index contributed by atoms with van der Waals surface area (Å²) in [7, 11) is 0. The zero-order chi connectivity index (χ0) is 10.9. The number of halogens is 3. The van der Waals surface area contributed by atoms with Crippen LogP contribution in [0.15, 0.2) is 10.5 Å². The van der Waals surface area contributed by atoms with Crippen LogP contribution in [0, 0.1) is 13.8 Å². The first kappa shape index (κ1) is 11.1. The number of rotatable bonds is 2. The zero-order valence-corrected chi connectivity index (χ0v) is 7.98. The molecule has 0 saturated heterocycles. The van der Waals surface area contributed by atoms with Gasteiger partial charge in [-0.1, -0.05) is 0 Å². The maximum atomic E-state index is 12.5. The molecule has 0 radical (unpaired) electrons. The second-order valence-electron chi connectivity index (χ2n) is 3.20. The number of hydrogen-bond acceptors (Lipinski definition) is 2. The van der Waals surface area contributed by atoms with E-state index >= 15 is 0 Å². The summed E-state index contributed by atoms with van der Waals surface area (Å²) in [6.07, 6.45) is -4.31. The van der Waals surface area contributed by atoms with Crippen LogP contribution in [0.5, 0.6) is 0 Å². The Kier molecular flexibility index (Phi) is 2.89. The molecule has 5 heteroatoms. The summed E-state index contributed by atoms with van der Waals surface area (Å²) in [5.41, 5.74) is 5.24. The fourth-order valence-electron chi connectivity index (χ4n) is 1.43. The van der Waals surface area contributed by atoms with Crippen molar-refractivity contribution in [3.8, 4) is 0 Å². The molecule has 0 aliphatic heterocycles. The minimum absolute atomic E-state index is 0.137. The van der Waals surface area contributed by atoms with Gasteiger partial charge in [0.1, 0.15) is 11.5 Å². The van der Waals surface area contributed by atoms with Crippen molar-refractivity contribution in [2.24, 2.45) is 5.73 Å². The molecule has 1 rings (SSSR count). The maximum Gasteiger partial charge on any atom is 0.397 e. The normalized spacial score (nSPS) is 14.4. The van der Waals surface area contributed by atoms with E-state index in [1.807, 2.05) is 0 Å². The van der Waals surface area contributed by atoms with Gasteiger partial charge >= 0.3 is 6.18 Å². The third-order valence-corrected chi connectivity index (χ3v) is 2.09. The molecule has 1 atom stereocenters. The maximum absolute atomic E-state index is 12.5. The first-order valence-corrected chi connectivity index (χ1v) is 4.20. The third kappa shape index (κ3) is 2.09. The highest BCUT2D eigenvalue weighted by molar-refractivity contribution is 5.26. The average molecular weight is 207 g/mol. The van der Waals surface area contributed by atoms with Crippen molar-refractivity contribution in [2.75, 3.05) is 6.54 Å². The highest BCUT2D eigenvalue weighted by Crippen LogP contribution is 2.36. The van der Waals surface area contributed by atoms with Crippen LogP contribution in [-0.2, 0) is 0 Å². The van der Waals surface area contributed by atoms with Gasteiger partial charge in [0.2, 0.25) is 0 Å². The van der Waals surface area contributed by atoms with E-state index in [1.54, 1.807) is 6.92 Å². The minimum atomic E-state index is -4.31. The minimum Gasteiger partial charge on any atom is -0.466 e. The first-order valence-electron chi connectivity index (χ1n) is 4.20. The predicted octanol–water partition coefficient (Wildman–Crippen LogP) is 2.50. The van der Waals surface area contributed by atoms with Crippen molar-refractivity contribution in [1.29, 1.82) is 0 Å². The summed E-state index contributed by atoms with van der Waals surface area (Å²) >= 11 is 0. The van der Waals surface area contributed by atoms with Crippen LogP contribution in [-0.4, -0.2) is 12.7 Å². The Morgan fingerprint density at radius 3 is 2.29 bits per heavy atom. The Bertz CT molecular complexity index is 316. The molecule has 0 spiro atoms. The predicted molar refractivity (Wildman–Crippen MR) is 46.0 cm³/mol. The van der Waals surface area contributed by atoms with Crippen LogP contribution in [0.4, 0.5) is 13.2 Å². The molecular weight excluding hydrogens is 195 g/mol. The van der Waals surface area contributed by atoms with E-state index in [1.165, 1.54) is 13.0 Å². The molecule has 0 fully saturated rings. The van der Waals surface area contributed by atoms with Crippen LogP contribution in [0.1, 0.15) is 23.0 Å². The van der Waals surface area contributed by atoms with Crippen molar-refractivity contribution in [3.05, 3.63) is 23.2 Å². The van der Waals surface area contributed by atoms with Gasteiger partial charge in [-0.2, -0.15) is 13.2 Å². The van der Waals surface area contributed by atoms with Crippen molar-refractivity contribution < 1.29 is 17.6 Å². The molecular formula is C9H12F3NO. The Labute approximate surface area is 79.9 Å². The lowest BCUT2D eigenvalue weighted by Crippen LogP contribution is -2.28. The van der Waals surface area contributed by atoms with Gasteiger partial charge in [-0.05, 0) is 19.9 Å². The van der Waals surface area contributed by atoms with Crippen LogP contribution >= 0.6 is 0 Å². The molecule has 1 heterocycles. The molecule has 1 unspecified atom stereocenters. The molecule has 80 valence electrons. The van der Waals surface area contributed by atoms with Crippen molar-refractivity contribution in [3.63, 3.8) is 0 Å². The quantitative estimate of drug-likeness (QED) is 0.809. The Hall–Kier alpha value is -0.970.